The number of anilines is 2. The molecule has 0 unspecified atom stereocenters. The molecule has 5 aromatic rings. The Morgan fingerprint density at radius 2 is 1.14 bits per heavy atom. The van der Waals surface area contributed by atoms with Crippen molar-refractivity contribution in [3.05, 3.63) is 102 Å². The molecule has 5 rings (SSSR count). The summed E-state index contributed by atoms with van der Waals surface area (Å²) in [5.74, 6) is -0.208. The van der Waals surface area contributed by atoms with E-state index in [0.29, 0.717) is 61.9 Å². The summed E-state index contributed by atoms with van der Waals surface area (Å²) < 4.78 is 17.7. The second kappa shape index (κ2) is 13.7. The van der Waals surface area contributed by atoms with E-state index in [2.05, 4.69) is 5.32 Å². The summed E-state index contributed by atoms with van der Waals surface area (Å²) in [5.41, 5.74) is 18.5. The highest BCUT2D eigenvalue weighted by Gasteiger charge is 2.21. The normalized spacial score (nSPS) is 10.9. The molecule has 0 radical (unpaired) electrons. The SMILES string of the molecule is NCCCOc1cc2ccccc2cc1C(=O)Nc1ccc(N)cc1OC(=O)c1cc2ccccc2cc1OCCCN. The molecule has 7 N–H and O–H groups in total. The van der Waals surface area contributed by atoms with Crippen LogP contribution in [0.5, 0.6) is 17.2 Å². The van der Waals surface area contributed by atoms with Crippen LogP contribution in [0.15, 0.2) is 91.0 Å². The predicted molar refractivity (Wildman–Crippen MR) is 170 cm³/mol. The summed E-state index contributed by atoms with van der Waals surface area (Å²) in [6.45, 7) is 1.63. The van der Waals surface area contributed by atoms with Crippen molar-refractivity contribution in [3.63, 3.8) is 0 Å². The van der Waals surface area contributed by atoms with Gasteiger partial charge in [0.25, 0.3) is 5.91 Å². The molecule has 43 heavy (non-hydrogen) atoms. The fraction of sp³-hybridized carbons (Fsp3) is 0.176. The Balaban J connectivity index is 1.45. The van der Waals surface area contributed by atoms with Crippen LogP contribution < -0.4 is 36.7 Å². The van der Waals surface area contributed by atoms with Crippen LogP contribution in [0.3, 0.4) is 0 Å². The highest BCUT2D eigenvalue weighted by atomic mass is 16.5. The standard InChI is InChI=1S/C34H34N4O5/c35-13-5-15-41-30-19-24-9-3-1-7-22(24)17-27(30)33(39)38-29-12-11-26(37)21-32(29)43-34(40)28-18-23-8-2-4-10-25(23)20-31(28)42-16-6-14-36/h1-4,7-12,17-21H,5-6,13-16,35-37H2,(H,38,39). The Bertz CT molecular complexity index is 1770. The molecule has 0 fully saturated rings. The Morgan fingerprint density at radius 1 is 0.628 bits per heavy atom. The minimum absolute atomic E-state index is 0.0887. The lowest BCUT2D eigenvalue weighted by Crippen LogP contribution is -2.17. The van der Waals surface area contributed by atoms with Gasteiger partial charge in [0.1, 0.15) is 17.1 Å². The first kappa shape index (κ1) is 29.4. The molecule has 0 heterocycles. The van der Waals surface area contributed by atoms with E-state index in [9.17, 15) is 9.59 Å². The van der Waals surface area contributed by atoms with Crippen molar-refractivity contribution >= 4 is 44.8 Å². The van der Waals surface area contributed by atoms with Gasteiger partial charge in [-0.05, 0) is 83.9 Å². The van der Waals surface area contributed by atoms with E-state index in [1.165, 1.54) is 6.07 Å². The molecule has 0 spiro atoms. The lowest BCUT2D eigenvalue weighted by Gasteiger charge is -2.16. The Labute approximate surface area is 249 Å². The van der Waals surface area contributed by atoms with E-state index in [-0.39, 0.29) is 17.0 Å². The number of benzene rings is 5. The first-order chi connectivity index (χ1) is 21.0. The van der Waals surface area contributed by atoms with Crippen LogP contribution in [0, 0.1) is 0 Å². The minimum Gasteiger partial charge on any atom is -0.493 e. The summed E-state index contributed by atoms with van der Waals surface area (Å²) in [4.78, 5) is 27.2. The van der Waals surface area contributed by atoms with Gasteiger partial charge in [-0.2, -0.15) is 0 Å². The number of esters is 1. The third kappa shape index (κ3) is 7.03. The Kier molecular flexibility index (Phi) is 9.36. The number of nitrogens with two attached hydrogens (primary N) is 3. The van der Waals surface area contributed by atoms with Gasteiger partial charge in [0.05, 0.1) is 24.5 Å². The molecular formula is C34H34N4O5. The highest BCUT2D eigenvalue weighted by molar-refractivity contribution is 6.10. The van der Waals surface area contributed by atoms with Crippen molar-refractivity contribution in [2.24, 2.45) is 11.5 Å². The van der Waals surface area contributed by atoms with Crippen LogP contribution in [0.1, 0.15) is 33.6 Å². The molecule has 9 nitrogen and oxygen atoms in total. The summed E-state index contributed by atoms with van der Waals surface area (Å²) in [5, 5.41) is 6.44. The molecule has 0 saturated carbocycles. The van der Waals surface area contributed by atoms with Crippen LogP contribution >= 0.6 is 0 Å². The van der Waals surface area contributed by atoms with Crippen molar-refractivity contribution in [1.29, 1.82) is 0 Å². The maximum atomic E-state index is 13.6. The van der Waals surface area contributed by atoms with Crippen LogP contribution in [-0.4, -0.2) is 38.2 Å². The summed E-state index contributed by atoms with van der Waals surface area (Å²) in [7, 11) is 0. The summed E-state index contributed by atoms with van der Waals surface area (Å²) in [6.07, 6.45) is 1.26. The lowest BCUT2D eigenvalue weighted by molar-refractivity contribution is 0.0730. The highest BCUT2D eigenvalue weighted by Crippen LogP contribution is 2.33. The maximum Gasteiger partial charge on any atom is 0.347 e. The van der Waals surface area contributed by atoms with Crippen molar-refractivity contribution < 1.29 is 23.8 Å². The van der Waals surface area contributed by atoms with Crippen LogP contribution in [0.2, 0.25) is 0 Å². The zero-order chi connectivity index (χ0) is 30.2. The lowest BCUT2D eigenvalue weighted by atomic mass is 10.0. The predicted octanol–water partition coefficient (Wildman–Crippen LogP) is 5.50. The molecule has 220 valence electrons. The van der Waals surface area contributed by atoms with Gasteiger partial charge < -0.3 is 36.7 Å². The van der Waals surface area contributed by atoms with Gasteiger partial charge in [-0.25, -0.2) is 4.79 Å². The molecule has 0 aliphatic carbocycles. The topological polar surface area (TPSA) is 152 Å². The van der Waals surface area contributed by atoms with Crippen molar-refractivity contribution in [2.45, 2.75) is 12.8 Å². The third-order valence-electron chi connectivity index (χ3n) is 6.83. The number of nitrogens with one attached hydrogen (secondary N) is 1. The van der Waals surface area contributed by atoms with Crippen LogP contribution in [0.4, 0.5) is 11.4 Å². The quantitative estimate of drug-likeness (QED) is 0.0655. The fourth-order valence-electron chi connectivity index (χ4n) is 4.62. The summed E-state index contributed by atoms with van der Waals surface area (Å²) in [6, 6.07) is 27.1. The number of hydrogen-bond acceptors (Lipinski definition) is 8. The molecular weight excluding hydrogens is 544 g/mol. The molecule has 0 aliphatic rings. The van der Waals surface area contributed by atoms with Gasteiger partial charge in [-0.15, -0.1) is 0 Å². The second-order valence-electron chi connectivity index (χ2n) is 9.97. The van der Waals surface area contributed by atoms with E-state index in [0.717, 1.165) is 21.5 Å². The number of carbonyl (C=O) groups excluding carboxylic acids is 2. The number of nitrogen functional groups attached to an aromatic ring is 1. The number of amides is 1. The summed E-state index contributed by atoms with van der Waals surface area (Å²) >= 11 is 0. The fourth-order valence-corrected chi connectivity index (χ4v) is 4.62. The molecule has 5 aromatic carbocycles. The average Bonchev–Trinajstić information content (AvgIpc) is 3.01. The molecule has 9 heteroatoms. The number of carbonyl (C=O) groups is 2. The smallest absolute Gasteiger partial charge is 0.347 e. The number of fused-ring (bicyclic) bond motifs is 2. The Morgan fingerprint density at radius 3 is 1.70 bits per heavy atom. The van der Waals surface area contributed by atoms with Gasteiger partial charge in [-0.3, -0.25) is 4.79 Å². The molecule has 0 aromatic heterocycles. The van der Waals surface area contributed by atoms with Gasteiger partial charge in [0, 0.05) is 11.8 Å². The number of rotatable bonds is 12. The second-order valence-corrected chi connectivity index (χ2v) is 9.97. The molecule has 0 aliphatic heterocycles. The largest absolute Gasteiger partial charge is 0.493 e. The monoisotopic (exact) mass is 578 g/mol. The van der Waals surface area contributed by atoms with E-state index < -0.39 is 11.9 Å². The van der Waals surface area contributed by atoms with Gasteiger partial charge in [0.15, 0.2) is 5.75 Å². The first-order valence-electron chi connectivity index (χ1n) is 14.1. The molecule has 0 saturated heterocycles. The molecule has 1 amide bonds. The zero-order valence-corrected chi connectivity index (χ0v) is 23.7. The van der Waals surface area contributed by atoms with Gasteiger partial charge >= 0.3 is 5.97 Å². The van der Waals surface area contributed by atoms with Gasteiger partial charge in [-0.1, -0.05) is 48.5 Å². The van der Waals surface area contributed by atoms with E-state index in [1.54, 1.807) is 30.3 Å². The number of hydrogen-bond donors (Lipinski definition) is 4. The maximum absolute atomic E-state index is 13.6. The van der Waals surface area contributed by atoms with Crippen molar-refractivity contribution in [1.82, 2.24) is 0 Å². The third-order valence-corrected chi connectivity index (χ3v) is 6.83. The molecule has 0 bridgehead atoms. The van der Waals surface area contributed by atoms with Crippen molar-refractivity contribution in [3.8, 4) is 17.2 Å². The minimum atomic E-state index is -0.661. The first-order valence-corrected chi connectivity index (χ1v) is 14.1. The average molecular weight is 579 g/mol. The Hall–Kier alpha value is -5.12. The van der Waals surface area contributed by atoms with Crippen LogP contribution in [-0.2, 0) is 0 Å². The molecule has 0 atom stereocenters. The zero-order valence-electron chi connectivity index (χ0n) is 23.7. The van der Waals surface area contributed by atoms with Gasteiger partial charge in [0.2, 0.25) is 0 Å². The van der Waals surface area contributed by atoms with Crippen LogP contribution in [0.25, 0.3) is 21.5 Å². The van der Waals surface area contributed by atoms with E-state index in [1.807, 2.05) is 54.6 Å². The number of ether oxygens (including phenoxy) is 3. The van der Waals surface area contributed by atoms with E-state index in [4.69, 9.17) is 31.4 Å². The van der Waals surface area contributed by atoms with E-state index >= 15 is 0 Å². The van der Waals surface area contributed by atoms with Crippen molar-refractivity contribution in [2.75, 3.05) is 37.4 Å².